The Balaban J connectivity index is 1.77. The SMILES string of the molecule is O=C(NCC1(c2ncc(Br)cc2Cl)CC1)c1cccnc1C(F)(F)F. The third kappa shape index (κ3) is 3.79. The number of halogens is 5. The van der Waals surface area contributed by atoms with Gasteiger partial charge in [0.15, 0.2) is 5.69 Å². The summed E-state index contributed by atoms with van der Waals surface area (Å²) in [6.07, 6.45) is -0.580. The van der Waals surface area contributed by atoms with E-state index in [1.807, 2.05) is 0 Å². The molecule has 0 aliphatic heterocycles. The summed E-state index contributed by atoms with van der Waals surface area (Å²) in [6, 6.07) is 4.11. The van der Waals surface area contributed by atoms with Gasteiger partial charge < -0.3 is 5.32 Å². The van der Waals surface area contributed by atoms with E-state index in [4.69, 9.17) is 11.6 Å². The molecule has 0 spiro atoms. The molecule has 9 heteroatoms. The fourth-order valence-electron chi connectivity index (χ4n) is 2.61. The molecule has 0 radical (unpaired) electrons. The quantitative estimate of drug-likeness (QED) is 0.777. The Kier molecular flexibility index (Phi) is 4.76. The third-order valence-corrected chi connectivity index (χ3v) is 4.79. The van der Waals surface area contributed by atoms with Crippen molar-refractivity contribution < 1.29 is 18.0 Å². The van der Waals surface area contributed by atoms with E-state index in [0.29, 0.717) is 10.7 Å². The minimum absolute atomic E-state index is 0.159. The lowest BCUT2D eigenvalue weighted by Gasteiger charge is -2.18. The zero-order chi connectivity index (χ0) is 18.2. The van der Waals surface area contributed by atoms with Crippen LogP contribution in [-0.2, 0) is 11.6 Å². The Labute approximate surface area is 154 Å². The Morgan fingerprint density at radius 3 is 2.68 bits per heavy atom. The van der Waals surface area contributed by atoms with Crippen molar-refractivity contribution in [1.29, 1.82) is 0 Å². The van der Waals surface area contributed by atoms with Gasteiger partial charge in [0.25, 0.3) is 5.91 Å². The van der Waals surface area contributed by atoms with E-state index < -0.39 is 28.8 Å². The molecular formula is C16H12BrClF3N3O. The lowest BCUT2D eigenvalue weighted by molar-refractivity contribution is -0.141. The van der Waals surface area contributed by atoms with Gasteiger partial charge in [-0.3, -0.25) is 14.8 Å². The third-order valence-electron chi connectivity index (χ3n) is 4.07. The van der Waals surface area contributed by atoms with Crippen LogP contribution in [0.3, 0.4) is 0 Å². The van der Waals surface area contributed by atoms with E-state index in [9.17, 15) is 18.0 Å². The molecule has 0 aromatic carbocycles. The average molecular weight is 435 g/mol. The topological polar surface area (TPSA) is 54.9 Å². The number of nitrogens with zero attached hydrogens (tertiary/aromatic N) is 2. The molecule has 3 rings (SSSR count). The summed E-state index contributed by atoms with van der Waals surface area (Å²) in [5.41, 5.74) is -1.49. The van der Waals surface area contributed by atoms with Crippen LogP contribution in [0.15, 0.2) is 35.1 Å². The van der Waals surface area contributed by atoms with Crippen molar-refractivity contribution in [2.45, 2.75) is 24.4 Å². The van der Waals surface area contributed by atoms with Gasteiger partial charge in [-0.1, -0.05) is 11.6 Å². The molecular weight excluding hydrogens is 423 g/mol. The van der Waals surface area contributed by atoms with Crippen LogP contribution in [0.4, 0.5) is 13.2 Å². The molecule has 1 amide bonds. The number of hydrogen-bond donors (Lipinski definition) is 1. The van der Waals surface area contributed by atoms with Crippen molar-refractivity contribution in [2.75, 3.05) is 6.54 Å². The molecule has 2 heterocycles. The minimum Gasteiger partial charge on any atom is -0.351 e. The molecule has 0 saturated heterocycles. The van der Waals surface area contributed by atoms with E-state index in [-0.39, 0.29) is 6.54 Å². The first-order valence-corrected chi connectivity index (χ1v) is 8.52. The Morgan fingerprint density at radius 1 is 1.36 bits per heavy atom. The molecule has 132 valence electrons. The minimum atomic E-state index is -4.69. The lowest BCUT2D eigenvalue weighted by Crippen LogP contribution is -2.34. The number of amides is 1. The summed E-state index contributed by atoms with van der Waals surface area (Å²) < 4.78 is 39.7. The van der Waals surface area contributed by atoms with Gasteiger partial charge in [0.2, 0.25) is 0 Å². The second-order valence-electron chi connectivity index (χ2n) is 5.84. The van der Waals surface area contributed by atoms with Crippen molar-refractivity contribution in [1.82, 2.24) is 15.3 Å². The molecule has 4 nitrogen and oxygen atoms in total. The summed E-state index contributed by atoms with van der Waals surface area (Å²) >= 11 is 9.48. The molecule has 2 aromatic rings. The van der Waals surface area contributed by atoms with Crippen molar-refractivity contribution in [3.05, 3.63) is 57.0 Å². The van der Waals surface area contributed by atoms with Crippen molar-refractivity contribution >= 4 is 33.4 Å². The first-order chi connectivity index (χ1) is 11.7. The first-order valence-electron chi connectivity index (χ1n) is 7.35. The monoisotopic (exact) mass is 433 g/mol. The highest BCUT2D eigenvalue weighted by Gasteiger charge is 2.47. The summed E-state index contributed by atoms with van der Waals surface area (Å²) in [6.45, 7) is 0.159. The highest BCUT2D eigenvalue weighted by atomic mass is 79.9. The molecule has 0 atom stereocenters. The molecule has 1 fully saturated rings. The maximum Gasteiger partial charge on any atom is 0.434 e. The molecule has 1 N–H and O–H groups in total. The molecule has 1 aliphatic rings. The fourth-order valence-corrected chi connectivity index (χ4v) is 3.44. The summed E-state index contributed by atoms with van der Waals surface area (Å²) in [5, 5.41) is 3.02. The number of pyridine rings is 2. The second-order valence-corrected chi connectivity index (χ2v) is 7.17. The molecule has 25 heavy (non-hydrogen) atoms. The molecule has 1 saturated carbocycles. The van der Waals surface area contributed by atoms with E-state index in [1.165, 1.54) is 6.07 Å². The second kappa shape index (κ2) is 6.57. The Morgan fingerprint density at radius 2 is 2.08 bits per heavy atom. The van der Waals surface area contributed by atoms with Gasteiger partial charge in [-0.15, -0.1) is 0 Å². The summed E-state index contributed by atoms with van der Waals surface area (Å²) in [4.78, 5) is 19.8. The number of alkyl halides is 3. The number of nitrogens with one attached hydrogen (secondary N) is 1. The largest absolute Gasteiger partial charge is 0.434 e. The van der Waals surface area contributed by atoms with Crippen LogP contribution in [0.2, 0.25) is 5.02 Å². The lowest BCUT2D eigenvalue weighted by atomic mass is 10.0. The molecule has 0 bridgehead atoms. The van der Waals surface area contributed by atoms with Crippen LogP contribution < -0.4 is 5.32 Å². The fraction of sp³-hybridized carbons (Fsp3) is 0.312. The van der Waals surface area contributed by atoms with E-state index in [2.05, 4.69) is 31.2 Å². The predicted molar refractivity (Wildman–Crippen MR) is 89.4 cm³/mol. The van der Waals surface area contributed by atoms with Crippen LogP contribution in [-0.4, -0.2) is 22.4 Å². The summed E-state index contributed by atoms with van der Waals surface area (Å²) in [5.74, 6) is -0.820. The number of hydrogen-bond acceptors (Lipinski definition) is 3. The molecule has 0 unspecified atom stereocenters. The first kappa shape index (κ1) is 18.1. The van der Waals surface area contributed by atoms with Crippen molar-refractivity contribution in [3.63, 3.8) is 0 Å². The van der Waals surface area contributed by atoms with Gasteiger partial charge in [-0.25, -0.2) is 0 Å². The number of carbonyl (C=O) groups excluding carboxylic acids is 1. The highest BCUT2D eigenvalue weighted by Crippen LogP contribution is 2.49. The number of rotatable bonds is 4. The summed E-state index contributed by atoms with van der Waals surface area (Å²) in [7, 11) is 0. The number of carbonyl (C=O) groups is 1. The molecule has 1 aliphatic carbocycles. The zero-order valence-electron chi connectivity index (χ0n) is 12.7. The van der Waals surface area contributed by atoms with E-state index in [0.717, 1.165) is 29.6 Å². The highest BCUT2D eigenvalue weighted by molar-refractivity contribution is 9.10. The van der Waals surface area contributed by atoms with Crippen LogP contribution in [0.5, 0.6) is 0 Å². The van der Waals surface area contributed by atoms with Gasteiger partial charge in [-0.05, 0) is 47.0 Å². The number of aromatic nitrogens is 2. The van der Waals surface area contributed by atoms with E-state index in [1.54, 1.807) is 12.3 Å². The van der Waals surface area contributed by atoms with Crippen LogP contribution >= 0.6 is 27.5 Å². The van der Waals surface area contributed by atoms with Gasteiger partial charge in [0.1, 0.15) is 0 Å². The standard InChI is InChI=1S/C16H12BrClF3N3O/c17-9-6-11(18)13(23-7-9)15(3-4-15)8-24-14(25)10-2-1-5-22-12(10)16(19,20)21/h1-2,5-7H,3-4,8H2,(H,24,25). The average Bonchev–Trinajstić information content (AvgIpc) is 3.32. The van der Waals surface area contributed by atoms with Gasteiger partial charge >= 0.3 is 6.18 Å². The maximum atomic E-state index is 13.0. The van der Waals surface area contributed by atoms with E-state index >= 15 is 0 Å². The van der Waals surface area contributed by atoms with Gasteiger partial charge in [-0.2, -0.15) is 13.2 Å². The predicted octanol–water partition coefficient (Wildman–Crippen LogP) is 4.37. The van der Waals surface area contributed by atoms with Crippen LogP contribution in [0, 0.1) is 0 Å². The van der Waals surface area contributed by atoms with Gasteiger partial charge in [0, 0.05) is 28.8 Å². The van der Waals surface area contributed by atoms with Crippen molar-refractivity contribution in [3.8, 4) is 0 Å². The smallest absolute Gasteiger partial charge is 0.351 e. The van der Waals surface area contributed by atoms with Gasteiger partial charge in [0.05, 0.1) is 16.3 Å². The maximum absolute atomic E-state index is 13.0. The normalized spacial score (nSPS) is 15.7. The Bertz CT molecular complexity index is 825. The zero-order valence-corrected chi connectivity index (χ0v) is 15.0. The molecule has 2 aromatic heterocycles. The van der Waals surface area contributed by atoms with Crippen molar-refractivity contribution in [2.24, 2.45) is 0 Å². The van der Waals surface area contributed by atoms with Crippen LogP contribution in [0.25, 0.3) is 0 Å². The Hall–Kier alpha value is -1.67. The van der Waals surface area contributed by atoms with Crippen LogP contribution in [0.1, 0.15) is 34.6 Å².